The van der Waals surface area contributed by atoms with Crippen molar-refractivity contribution < 1.29 is 9.53 Å². The molecule has 20 heavy (non-hydrogen) atoms. The predicted octanol–water partition coefficient (Wildman–Crippen LogP) is 3.25. The molecule has 0 aromatic heterocycles. The van der Waals surface area contributed by atoms with E-state index < -0.39 is 0 Å². The molecular formula is C14H19BrN2O2S. The van der Waals surface area contributed by atoms with Gasteiger partial charge >= 0.3 is 0 Å². The second kappa shape index (κ2) is 8.21. The van der Waals surface area contributed by atoms with Crippen LogP contribution in [-0.2, 0) is 0 Å². The lowest BCUT2D eigenvalue weighted by Crippen LogP contribution is -2.42. The van der Waals surface area contributed by atoms with Crippen molar-refractivity contribution in [3.63, 3.8) is 0 Å². The number of hydrogen-bond donors (Lipinski definition) is 2. The summed E-state index contributed by atoms with van der Waals surface area (Å²) < 4.78 is 6.39. The normalized spacial score (nSPS) is 10.2. The number of carbonyl (C=O) groups is 1. The second-order valence-electron chi connectivity index (χ2n) is 4.57. The van der Waals surface area contributed by atoms with Gasteiger partial charge in [0, 0.05) is 10.5 Å². The van der Waals surface area contributed by atoms with Crippen LogP contribution in [0.15, 0.2) is 22.7 Å². The zero-order valence-corrected chi connectivity index (χ0v) is 14.2. The van der Waals surface area contributed by atoms with E-state index in [2.05, 4.69) is 26.6 Å². The number of carbonyl (C=O) groups excluding carboxylic acids is 1. The first-order chi connectivity index (χ1) is 9.43. The Balaban J connectivity index is 2.84. The molecule has 2 N–H and O–H groups in total. The summed E-state index contributed by atoms with van der Waals surface area (Å²) >= 11 is 8.43. The molecule has 0 saturated carbocycles. The Hall–Kier alpha value is -1.14. The van der Waals surface area contributed by atoms with Crippen molar-refractivity contribution >= 4 is 39.2 Å². The number of ether oxygens (including phenoxy) is 1. The van der Waals surface area contributed by atoms with Gasteiger partial charge in [0.1, 0.15) is 5.75 Å². The molecule has 1 aromatic carbocycles. The van der Waals surface area contributed by atoms with Crippen LogP contribution < -0.4 is 15.4 Å². The minimum atomic E-state index is -0.282. The van der Waals surface area contributed by atoms with E-state index in [1.165, 1.54) is 0 Å². The van der Waals surface area contributed by atoms with Crippen LogP contribution in [0.5, 0.6) is 5.75 Å². The molecule has 0 spiro atoms. The minimum absolute atomic E-state index is 0.168. The Morgan fingerprint density at radius 3 is 2.75 bits per heavy atom. The van der Waals surface area contributed by atoms with Crippen molar-refractivity contribution in [1.29, 1.82) is 0 Å². The maximum Gasteiger partial charge on any atom is 0.261 e. The molecule has 0 heterocycles. The van der Waals surface area contributed by atoms with Crippen molar-refractivity contribution in [3.8, 4) is 5.75 Å². The first-order valence-corrected chi connectivity index (χ1v) is 7.68. The lowest BCUT2D eigenvalue weighted by Gasteiger charge is -2.14. The van der Waals surface area contributed by atoms with Crippen molar-refractivity contribution in [2.24, 2.45) is 0 Å². The molecule has 0 aliphatic rings. The van der Waals surface area contributed by atoms with E-state index in [0.29, 0.717) is 23.0 Å². The first-order valence-electron chi connectivity index (χ1n) is 6.48. The summed E-state index contributed by atoms with van der Waals surface area (Å²) in [7, 11) is 0. The second-order valence-corrected chi connectivity index (χ2v) is 5.90. The quantitative estimate of drug-likeness (QED) is 0.793. The fourth-order valence-electron chi connectivity index (χ4n) is 1.49. The summed E-state index contributed by atoms with van der Waals surface area (Å²) in [6, 6.07) is 5.50. The number of hydrogen-bond acceptors (Lipinski definition) is 3. The van der Waals surface area contributed by atoms with Gasteiger partial charge in [0.2, 0.25) is 0 Å². The van der Waals surface area contributed by atoms with Crippen LogP contribution in [0.25, 0.3) is 0 Å². The summed E-state index contributed by atoms with van der Waals surface area (Å²) in [5.41, 5.74) is 0.459. The molecule has 0 atom stereocenters. The molecule has 0 saturated heterocycles. The predicted molar refractivity (Wildman–Crippen MR) is 88.3 cm³/mol. The Bertz CT molecular complexity index is 492. The number of nitrogens with one attached hydrogen (secondary N) is 2. The van der Waals surface area contributed by atoms with Gasteiger partial charge in [-0.05, 0) is 50.7 Å². The highest BCUT2D eigenvalue weighted by molar-refractivity contribution is 9.10. The number of amides is 1. The van der Waals surface area contributed by atoms with Gasteiger partial charge in [-0.2, -0.15) is 0 Å². The van der Waals surface area contributed by atoms with Crippen LogP contribution in [0.2, 0.25) is 0 Å². The van der Waals surface area contributed by atoms with Gasteiger partial charge in [0.15, 0.2) is 5.11 Å². The Morgan fingerprint density at radius 2 is 2.15 bits per heavy atom. The number of rotatable bonds is 5. The molecule has 0 bridgehead atoms. The lowest BCUT2D eigenvalue weighted by atomic mass is 10.2. The van der Waals surface area contributed by atoms with Crippen molar-refractivity contribution in [3.05, 3.63) is 28.2 Å². The van der Waals surface area contributed by atoms with E-state index in [1.54, 1.807) is 12.1 Å². The van der Waals surface area contributed by atoms with E-state index in [1.807, 2.05) is 26.8 Å². The zero-order chi connectivity index (χ0) is 15.1. The summed E-state index contributed by atoms with van der Waals surface area (Å²) in [6.45, 7) is 6.48. The molecule has 110 valence electrons. The molecule has 0 fully saturated rings. The third-order valence-corrected chi connectivity index (χ3v) is 3.01. The third-order valence-electron chi connectivity index (χ3n) is 2.29. The smallest absolute Gasteiger partial charge is 0.261 e. The number of halogens is 1. The largest absolute Gasteiger partial charge is 0.493 e. The minimum Gasteiger partial charge on any atom is -0.493 e. The Labute approximate surface area is 133 Å². The van der Waals surface area contributed by atoms with E-state index >= 15 is 0 Å². The highest BCUT2D eigenvalue weighted by Crippen LogP contribution is 2.23. The van der Waals surface area contributed by atoms with Gasteiger partial charge in [-0.25, -0.2) is 0 Å². The molecule has 0 aliphatic carbocycles. The van der Waals surface area contributed by atoms with E-state index in [9.17, 15) is 4.79 Å². The summed E-state index contributed by atoms with van der Waals surface area (Å²) in [6.07, 6.45) is 0.879. The molecule has 0 unspecified atom stereocenters. The molecule has 0 radical (unpaired) electrons. The van der Waals surface area contributed by atoms with Gasteiger partial charge < -0.3 is 10.1 Å². The highest BCUT2D eigenvalue weighted by Gasteiger charge is 2.14. The molecule has 6 heteroatoms. The topological polar surface area (TPSA) is 50.4 Å². The fraction of sp³-hybridized carbons (Fsp3) is 0.429. The van der Waals surface area contributed by atoms with Crippen LogP contribution in [0.1, 0.15) is 37.6 Å². The zero-order valence-electron chi connectivity index (χ0n) is 11.8. The van der Waals surface area contributed by atoms with Gasteiger partial charge in [-0.3, -0.25) is 10.1 Å². The lowest BCUT2D eigenvalue weighted by molar-refractivity contribution is 0.0972. The van der Waals surface area contributed by atoms with Crippen molar-refractivity contribution in [2.45, 2.75) is 33.2 Å². The summed E-state index contributed by atoms with van der Waals surface area (Å²) in [5, 5.41) is 5.93. The first kappa shape index (κ1) is 16.9. The SMILES string of the molecule is CCCOc1ccc(Br)cc1C(=O)NC(=S)NC(C)C. The average Bonchev–Trinajstić information content (AvgIpc) is 2.36. The van der Waals surface area contributed by atoms with Crippen LogP contribution in [0.3, 0.4) is 0 Å². The number of thiocarbonyl (C=S) groups is 1. The summed E-state index contributed by atoms with van der Waals surface area (Å²) in [4.78, 5) is 12.2. The van der Waals surface area contributed by atoms with Crippen molar-refractivity contribution in [1.82, 2.24) is 10.6 Å². The molecule has 1 amide bonds. The van der Waals surface area contributed by atoms with Crippen molar-refractivity contribution in [2.75, 3.05) is 6.61 Å². The van der Waals surface area contributed by atoms with Crippen LogP contribution in [0, 0.1) is 0 Å². The molecule has 0 aliphatic heterocycles. The molecule has 1 rings (SSSR count). The Morgan fingerprint density at radius 1 is 1.45 bits per heavy atom. The van der Waals surface area contributed by atoms with Crippen LogP contribution >= 0.6 is 28.1 Å². The van der Waals surface area contributed by atoms with Gasteiger partial charge in [0.05, 0.1) is 12.2 Å². The standard InChI is InChI=1S/C14H19BrN2O2S/c1-4-7-19-12-6-5-10(15)8-11(12)13(18)17-14(20)16-9(2)3/h5-6,8-9H,4,7H2,1-3H3,(H2,16,17,18,20). The van der Waals surface area contributed by atoms with Gasteiger partial charge in [-0.15, -0.1) is 0 Å². The third kappa shape index (κ3) is 5.46. The average molecular weight is 359 g/mol. The maximum absolute atomic E-state index is 12.2. The maximum atomic E-state index is 12.2. The van der Waals surface area contributed by atoms with Gasteiger partial charge in [-0.1, -0.05) is 22.9 Å². The highest BCUT2D eigenvalue weighted by atomic mass is 79.9. The van der Waals surface area contributed by atoms with Gasteiger partial charge in [0.25, 0.3) is 5.91 Å². The summed E-state index contributed by atoms with van der Waals surface area (Å²) in [5.74, 6) is 0.274. The van der Waals surface area contributed by atoms with Crippen LogP contribution in [0.4, 0.5) is 0 Å². The monoisotopic (exact) mass is 358 g/mol. The van der Waals surface area contributed by atoms with E-state index in [4.69, 9.17) is 17.0 Å². The van der Waals surface area contributed by atoms with E-state index in [0.717, 1.165) is 10.9 Å². The Kier molecular flexibility index (Phi) is 6.95. The molecule has 4 nitrogen and oxygen atoms in total. The molecule has 1 aromatic rings. The van der Waals surface area contributed by atoms with Crippen LogP contribution in [-0.4, -0.2) is 23.7 Å². The van der Waals surface area contributed by atoms with E-state index in [-0.39, 0.29) is 11.9 Å². The number of benzene rings is 1. The fourth-order valence-corrected chi connectivity index (χ4v) is 2.18. The molecular weight excluding hydrogens is 340 g/mol.